The van der Waals surface area contributed by atoms with Gasteiger partial charge in [-0.1, -0.05) is 26.8 Å². The number of rotatable bonds is 7. The standard InChI is InChI=1S/C26H35N3O2/c1-6-20(7-2)31-21-13-14-23-22(15-21)25(28-24-10-8-9-16(3)27-24)17(4)26(19-11-12-19)29(23)18(5)30/h8-10,13-15,17,19-20,25-26H,6-7,11-12H2,1-5H3,(H,27,28). The second-order valence-corrected chi connectivity index (χ2v) is 9.14. The van der Waals surface area contributed by atoms with Crippen LogP contribution in [0.3, 0.4) is 0 Å². The zero-order valence-electron chi connectivity index (χ0n) is 19.4. The lowest BCUT2D eigenvalue weighted by Gasteiger charge is -2.46. The topological polar surface area (TPSA) is 54.5 Å². The Kier molecular flexibility index (Phi) is 6.22. The third-order valence-corrected chi connectivity index (χ3v) is 6.81. The molecule has 166 valence electrons. The molecular weight excluding hydrogens is 386 g/mol. The molecule has 2 aliphatic rings. The van der Waals surface area contributed by atoms with Gasteiger partial charge in [0.25, 0.3) is 0 Å². The van der Waals surface area contributed by atoms with Crippen LogP contribution < -0.4 is 15.0 Å². The molecule has 3 unspecified atom stereocenters. The zero-order valence-corrected chi connectivity index (χ0v) is 19.4. The Bertz CT molecular complexity index is 936. The van der Waals surface area contributed by atoms with Crippen molar-refractivity contribution < 1.29 is 9.53 Å². The number of anilines is 2. The number of benzene rings is 1. The Hall–Kier alpha value is -2.56. The summed E-state index contributed by atoms with van der Waals surface area (Å²) in [7, 11) is 0. The number of aryl methyl sites for hydroxylation is 1. The third kappa shape index (κ3) is 4.41. The number of aromatic nitrogens is 1. The number of ether oxygens (including phenoxy) is 1. The number of pyridine rings is 1. The molecule has 5 heteroatoms. The molecule has 1 aliphatic carbocycles. The summed E-state index contributed by atoms with van der Waals surface area (Å²) in [6, 6.07) is 12.6. The molecule has 31 heavy (non-hydrogen) atoms. The fourth-order valence-corrected chi connectivity index (χ4v) is 5.05. The van der Waals surface area contributed by atoms with Gasteiger partial charge in [0, 0.05) is 35.8 Å². The van der Waals surface area contributed by atoms with Crippen LogP contribution in [0.4, 0.5) is 11.5 Å². The first-order valence-corrected chi connectivity index (χ1v) is 11.7. The van der Waals surface area contributed by atoms with Crippen molar-refractivity contribution in [2.24, 2.45) is 11.8 Å². The van der Waals surface area contributed by atoms with Crippen LogP contribution in [0.15, 0.2) is 36.4 Å². The SMILES string of the molecule is CCC(CC)Oc1ccc2c(c1)C(Nc1cccc(C)n1)C(C)C(C1CC1)N2C(C)=O. The van der Waals surface area contributed by atoms with Gasteiger partial charge in [0.2, 0.25) is 5.91 Å². The molecule has 2 heterocycles. The van der Waals surface area contributed by atoms with Crippen molar-refractivity contribution in [2.45, 2.75) is 78.5 Å². The lowest BCUT2D eigenvalue weighted by Crippen LogP contribution is -2.51. The average molecular weight is 422 g/mol. The number of nitrogens with one attached hydrogen (secondary N) is 1. The molecule has 1 amide bonds. The first kappa shape index (κ1) is 21.7. The molecule has 5 nitrogen and oxygen atoms in total. The summed E-state index contributed by atoms with van der Waals surface area (Å²) >= 11 is 0. The lowest BCUT2D eigenvalue weighted by molar-refractivity contribution is -0.117. The maximum absolute atomic E-state index is 12.8. The van der Waals surface area contributed by atoms with Crippen LogP contribution in [0.2, 0.25) is 0 Å². The molecule has 0 radical (unpaired) electrons. The van der Waals surface area contributed by atoms with Gasteiger partial charge in [0.05, 0.1) is 12.1 Å². The van der Waals surface area contributed by atoms with Crippen molar-refractivity contribution in [3.05, 3.63) is 47.7 Å². The van der Waals surface area contributed by atoms with Crippen LogP contribution in [0, 0.1) is 18.8 Å². The molecule has 0 bridgehead atoms. The van der Waals surface area contributed by atoms with Gasteiger partial charge in [-0.2, -0.15) is 0 Å². The molecule has 4 rings (SSSR count). The predicted molar refractivity (Wildman–Crippen MR) is 126 cm³/mol. The quantitative estimate of drug-likeness (QED) is 0.605. The van der Waals surface area contributed by atoms with Gasteiger partial charge in [0.15, 0.2) is 0 Å². The minimum atomic E-state index is 0.0655. The molecule has 1 aromatic carbocycles. The summed E-state index contributed by atoms with van der Waals surface area (Å²) in [4.78, 5) is 19.5. The van der Waals surface area contributed by atoms with Gasteiger partial charge in [0.1, 0.15) is 11.6 Å². The number of amides is 1. The fourth-order valence-electron chi connectivity index (χ4n) is 5.05. The highest BCUT2D eigenvalue weighted by molar-refractivity contribution is 5.94. The Labute approximate surface area is 186 Å². The minimum Gasteiger partial charge on any atom is -0.490 e. The monoisotopic (exact) mass is 421 g/mol. The van der Waals surface area contributed by atoms with Crippen molar-refractivity contribution in [3.63, 3.8) is 0 Å². The van der Waals surface area contributed by atoms with E-state index in [0.29, 0.717) is 5.92 Å². The smallest absolute Gasteiger partial charge is 0.224 e. The molecule has 2 aromatic rings. The third-order valence-electron chi connectivity index (χ3n) is 6.81. The maximum atomic E-state index is 12.8. The van der Waals surface area contributed by atoms with E-state index in [0.717, 1.165) is 41.4 Å². The van der Waals surface area contributed by atoms with E-state index in [1.54, 1.807) is 6.92 Å². The second kappa shape index (κ2) is 8.89. The van der Waals surface area contributed by atoms with E-state index >= 15 is 0 Å². The van der Waals surface area contributed by atoms with E-state index in [4.69, 9.17) is 4.74 Å². The van der Waals surface area contributed by atoms with Gasteiger partial charge in [-0.25, -0.2) is 4.98 Å². The van der Waals surface area contributed by atoms with Crippen molar-refractivity contribution in [3.8, 4) is 5.75 Å². The number of carbonyl (C=O) groups excluding carboxylic acids is 1. The highest BCUT2D eigenvalue weighted by atomic mass is 16.5. The van der Waals surface area contributed by atoms with Crippen LogP contribution >= 0.6 is 0 Å². The largest absolute Gasteiger partial charge is 0.490 e. The molecule has 0 saturated heterocycles. The molecule has 1 aliphatic heterocycles. The molecule has 1 N–H and O–H groups in total. The molecule has 1 aromatic heterocycles. The van der Waals surface area contributed by atoms with Crippen LogP contribution in [0.5, 0.6) is 5.75 Å². The highest BCUT2D eigenvalue weighted by Gasteiger charge is 2.47. The van der Waals surface area contributed by atoms with Crippen LogP contribution in [0.1, 0.15) is 70.7 Å². The van der Waals surface area contributed by atoms with Gasteiger partial charge in [-0.3, -0.25) is 4.79 Å². The minimum absolute atomic E-state index is 0.0655. The van der Waals surface area contributed by atoms with E-state index in [1.807, 2.05) is 36.1 Å². The van der Waals surface area contributed by atoms with Gasteiger partial charge in [-0.05, 0) is 68.9 Å². The molecule has 1 fully saturated rings. The molecule has 0 spiro atoms. The molecule has 3 atom stereocenters. The Balaban J connectivity index is 1.77. The van der Waals surface area contributed by atoms with Crippen LogP contribution in [-0.4, -0.2) is 23.0 Å². The summed E-state index contributed by atoms with van der Waals surface area (Å²) in [6.45, 7) is 10.3. The number of nitrogens with zero attached hydrogens (tertiary/aromatic N) is 2. The first-order valence-electron chi connectivity index (χ1n) is 11.7. The number of fused-ring (bicyclic) bond motifs is 1. The van der Waals surface area contributed by atoms with Crippen molar-refractivity contribution >= 4 is 17.4 Å². The highest BCUT2D eigenvalue weighted by Crippen LogP contribution is 2.50. The summed E-state index contributed by atoms with van der Waals surface area (Å²) in [5.74, 6) is 2.69. The molecular formula is C26H35N3O2. The van der Waals surface area contributed by atoms with E-state index in [1.165, 1.54) is 12.8 Å². The van der Waals surface area contributed by atoms with Gasteiger partial charge >= 0.3 is 0 Å². The fraction of sp³-hybridized carbons (Fsp3) is 0.538. The normalized spacial score (nSPS) is 22.9. The molecule has 1 saturated carbocycles. The Morgan fingerprint density at radius 1 is 1.23 bits per heavy atom. The summed E-state index contributed by atoms with van der Waals surface area (Å²) < 4.78 is 6.27. The van der Waals surface area contributed by atoms with E-state index in [2.05, 4.69) is 43.2 Å². The van der Waals surface area contributed by atoms with E-state index in [9.17, 15) is 4.79 Å². The summed E-state index contributed by atoms with van der Waals surface area (Å²) in [5.41, 5.74) is 3.11. The first-order chi connectivity index (χ1) is 14.9. The number of hydrogen-bond donors (Lipinski definition) is 1. The summed E-state index contributed by atoms with van der Waals surface area (Å²) in [5, 5.41) is 3.70. The van der Waals surface area contributed by atoms with Gasteiger partial charge in [-0.15, -0.1) is 0 Å². The summed E-state index contributed by atoms with van der Waals surface area (Å²) in [6.07, 6.45) is 4.54. The Morgan fingerprint density at radius 3 is 2.58 bits per heavy atom. The van der Waals surface area contributed by atoms with E-state index < -0.39 is 0 Å². The van der Waals surface area contributed by atoms with Crippen molar-refractivity contribution in [1.29, 1.82) is 0 Å². The second-order valence-electron chi connectivity index (χ2n) is 9.14. The van der Waals surface area contributed by atoms with Crippen LogP contribution in [-0.2, 0) is 4.79 Å². The number of carbonyl (C=O) groups is 1. The lowest BCUT2D eigenvalue weighted by atomic mass is 9.80. The maximum Gasteiger partial charge on any atom is 0.224 e. The Morgan fingerprint density at radius 2 is 1.97 bits per heavy atom. The number of hydrogen-bond acceptors (Lipinski definition) is 4. The average Bonchev–Trinajstić information content (AvgIpc) is 3.58. The van der Waals surface area contributed by atoms with Crippen molar-refractivity contribution in [1.82, 2.24) is 4.98 Å². The van der Waals surface area contributed by atoms with Crippen molar-refractivity contribution in [2.75, 3.05) is 10.2 Å². The zero-order chi connectivity index (χ0) is 22.1. The van der Waals surface area contributed by atoms with Gasteiger partial charge < -0.3 is 15.0 Å². The predicted octanol–water partition coefficient (Wildman–Crippen LogP) is 5.89. The van der Waals surface area contributed by atoms with E-state index in [-0.39, 0.29) is 30.0 Å². The van der Waals surface area contributed by atoms with Crippen LogP contribution in [0.25, 0.3) is 0 Å².